The molecule has 2 amide bonds. The molecule has 13 heteroatoms. The lowest BCUT2D eigenvalue weighted by molar-refractivity contribution is -0.117. The standard InChI is InChI=1S/C39H39Cl2N5O6/c40-31-22-25(23-42-24-35(48)29-11-14-34(47)38-30(29)12-15-36(49)44-38)10-13-33(31)46(41)37(50)18-21-45-19-16-27(17-20-45)52-39(51)43-32-9-5-4-8-28(32)26-6-2-1-3-7-26/h1-15,22,27,35,42,47-48H,16-21,23-24H2,(H,43,51)(H,44,49). The van der Waals surface area contributed by atoms with Gasteiger partial charge >= 0.3 is 6.09 Å². The van der Waals surface area contributed by atoms with E-state index in [0.29, 0.717) is 66.4 Å². The summed E-state index contributed by atoms with van der Waals surface area (Å²) >= 11 is 13.0. The number of rotatable bonds is 12. The molecule has 6 rings (SSSR count). The van der Waals surface area contributed by atoms with E-state index in [0.717, 1.165) is 21.1 Å². The van der Waals surface area contributed by atoms with Gasteiger partial charge in [-0.05, 0) is 59.9 Å². The van der Waals surface area contributed by atoms with Gasteiger partial charge < -0.3 is 30.2 Å². The van der Waals surface area contributed by atoms with Crippen LogP contribution in [0.5, 0.6) is 5.75 Å². The molecule has 4 aromatic carbocycles. The number of anilines is 2. The topological polar surface area (TPSA) is 147 Å². The van der Waals surface area contributed by atoms with Crippen LogP contribution in [0, 0.1) is 0 Å². The maximum absolute atomic E-state index is 13.0. The van der Waals surface area contributed by atoms with Gasteiger partial charge in [0.05, 0.1) is 28.0 Å². The molecule has 1 fully saturated rings. The molecule has 52 heavy (non-hydrogen) atoms. The van der Waals surface area contributed by atoms with Crippen LogP contribution in [0.15, 0.2) is 102 Å². The number of aromatic amines is 1. The minimum Gasteiger partial charge on any atom is -0.506 e. The monoisotopic (exact) mass is 743 g/mol. The molecule has 1 atom stereocenters. The van der Waals surface area contributed by atoms with Crippen LogP contribution in [0.3, 0.4) is 0 Å². The SMILES string of the molecule is O=C(Nc1ccccc1-c1ccccc1)OC1CCN(CCC(=O)N(Cl)c2ccc(CNCC(O)c3ccc(O)c4[nH]c(=O)ccc34)cc2Cl)CC1. The zero-order chi connectivity index (χ0) is 36.6. The van der Waals surface area contributed by atoms with Crippen molar-refractivity contribution in [3.8, 4) is 16.9 Å². The number of aromatic hydroxyl groups is 1. The number of aromatic nitrogens is 1. The number of ether oxygens (including phenoxy) is 1. The highest BCUT2D eigenvalue weighted by Crippen LogP contribution is 2.31. The Labute approximate surface area is 310 Å². The summed E-state index contributed by atoms with van der Waals surface area (Å²) < 4.78 is 6.77. The number of phenolic OH excluding ortho intramolecular Hbond substituents is 1. The Morgan fingerprint density at radius 1 is 0.981 bits per heavy atom. The molecule has 11 nitrogen and oxygen atoms in total. The summed E-state index contributed by atoms with van der Waals surface area (Å²) in [5.74, 6) is -0.372. The van der Waals surface area contributed by atoms with Crippen LogP contribution >= 0.6 is 23.4 Å². The number of nitrogens with one attached hydrogen (secondary N) is 3. The number of benzene rings is 4. The summed E-state index contributed by atoms with van der Waals surface area (Å²) in [4.78, 5) is 42.2. The molecule has 1 aromatic heterocycles. The highest BCUT2D eigenvalue weighted by Gasteiger charge is 2.25. The molecule has 0 saturated carbocycles. The fourth-order valence-electron chi connectivity index (χ4n) is 6.32. The quantitative estimate of drug-likeness (QED) is 0.0862. The number of likely N-dealkylation sites (tertiary alicyclic amines) is 1. The summed E-state index contributed by atoms with van der Waals surface area (Å²) in [6, 6.07) is 28.6. The smallest absolute Gasteiger partial charge is 0.411 e. The van der Waals surface area contributed by atoms with E-state index in [2.05, 4.69) is 20.5 Å². The normalized spacial score (nSPS) is 14.2. The Balaban J connectivity index is 0.928. The Hall–Kier alpha value is -4.91. The van der Waals surface area contributed by atoms with Crippen LogP contribution < -0.4 is 20.6 Å². The van der Waals surface area contributed by atoms with Gasteiger partial charge in [-0.3, -0.25) is 14.9 Å². The van der Waals surface area contributed by atoms with Crippen LogP contribution in [0.2, 0.25) is 5.02 Å². The number of carbonyl (C=O) groups excluding carboxylic acids is 2. The van der Waals surface area contributed by atoms with E-state index < -0.39 is 12.2 Å². The highest BCUT2D eigenvalue weighted by molar-refractivity contribution is 6.41. The number of phenols is 1. The first-order valence-corrected chi connectivity index (χ1v) is 17.7. The van der Waals surface area contributed by atoms with E-state index in [4.69, 9.17) is 28.1 Å². The Morgan fingerprint density at radius 3 is 2.50 bits per heavy atom. The zero-order valence-corrected chi connectivity index (χ0v) is 29.7. The molecule has 2 heterocycles. The van der Waals surface area contributed by atoms with Gasteiger partial charge in [0.25, 0.3) is 0 Å². The number of pyridine rings is 1. The molecule has 1 saturated heterocycles. The number of nitrogens with zero attached hydrogens (tertiary/aromatic N) is 2. The second-order valence-corrected chi connectivity index (χ2v) is 13.4. The van der Waals surface area contributed by atoms with E-state index in [9.17, 15) is 24.6 Å². The third-order valence-electron chi connectivity index (χ3n) is 9.07. The maximum Gasteiger partial charge on any atom is 0.411 e. The minimum atomic E-state index is -0.911. The molecular formula is C39H39Cl2N5O6. The van der Waals surface area contributed by atoms with Gasteiger partial charge in [-0.15, -0.1) is 0 Å². The highest BCUT2D eigenvalue weighted by atomic mass is 35.5. The third-order valence-corrected chi connectivity index (χ3v) is 9.75. The summed E-state index contributed by atoms with van der Waals surface area (Å²) in [5, 5.41) is 27.9. The van der Waals surface area contributed by atoms with Gasteiger partial charge in [0, 0.05) is 67.9 Å². The van der Waals surface area contributed by atoms with Crippen molar-refractivity contribution in [3.05, 3.63) is 124 Å². The maximum atomic E-state index is 13.0. The fourth-order valence-corrected chi connectivity index (χ4v) is 6.88. The van der Waals surface area contributed by atoms with Crippen LogP contribution in [0.25, 0.3) is 22.0 Å². The van der Waals surface area contributed by atoms with Crippen molar-refractivity contribution in [2.24, 2.45) is 0 Å². The van der Waals surface area contributed by atoms with Gasteiger partial charge in [-0.1, -0.05) is 72.3 Å². The van der Waals surface area contributed by atoms with Crippen LogP contribution in [-0.4, -0.2) is 64.4 Å². The summed E-state index contributed by atoms with van der Waals surface area (Å²) in [5.41, 5.74) is 4.26. The Bertz CT molecular complexity index is 2090. The van der Waals surface area contributed by atoms with Gasteiger partial charge in [0.1, 0.15) is 11.9 Å². The average molecular weight is 745 g/mol. The molecule has 5 aromatic rings. The van der Waals surface area contributed by atoms with Crippen LogP contribution in [0.4, 0.5) is 16.2 Å². The number of aliphatic hydroxyl groups excluding tert-OH is 1. The van der Waals surface area contributed by atoms with Crippen molar-refractivity contribution in [2.45, 2.75) is 38.0 Å². The third kappa shape index (κ3) is 9.11. The largest absolute Gasteiger partial charge is 0.506 e. The number of piperidine rings is 1. The van der Waals surface area contributed by atoms with Gasteiger partial charge in [0.15, 0.2) is 0 Å². The molecule has 0 bridgehead atoms. The van der Waals surface area contributed by atoms with E-state index >= 15 is 0 Å². The minimum absolute atomic E-state index is 0.0754. The number of aliphatic hydroxyl groups is 1. The Kier molecular flexibility index (Phi) is 12.1. The number of carbonyl (C=O) groups is 2. The number of amides is 2. The lowest BCUT2D eigenvalue weighted by Gasteiger charge is -2.31. The molecule has 270 valence electrons. The molecule has 1 aliphatic rings. The Morgan fingerprint density at radius 2 is 1.73 bits per heavy atom. The van der Waals surface area contributed by atoms with Crippen molar-refractivity contribution in [3.63, 3.8) is 0 Å². The summed E-state index contributed by atoms with van der Waals surface area (Å²) in [6.07, 6.45) is -0.146. The summed E-state index contributed by atoms with van der Waals surface area (Å²) in [7, 11) is 0. The fraction of sp³-hybridized carbons (Fsp3) is 0.256. The van der Waals surface area contributed by atoms with Crippen molar-refractivity contribution < 1.29 is 24.5 Å². The second-order valence-electron chi connectivity index (χ2n) is 12.6. The van der Waals surface area contributed by atoms with Crippen molar-refractivity contribution in [1.82, 2.24) is 15.2 Å². The molecular weight excluding hydrogens is 705 g/mol. The van der Waals surface area contributed by atoms with E-state index in [1.165, 1.54) is 12.1 Å². The predicted octanol–water partition coefficient (Wildman–Crippen LogP) is 6.97. The van der Waals surface area contributed by atoms with Crippen LogP contribution in [0.1, 0.15) is 36.5 Å². The summed E-state index contributed by atoms with van der Waals surface area (Å²) in [6.45, 7) is 2.42. The zero-order valence-electron chi connectivity index (χ0n) is 28.2. The number of hydrogen-bond donors (Lipinski definition) is 5. The number of H-pyrrole nitrogens is 1. The molecule has 0 radical (unpaired) electrons. The first-order chi connectivity index (χ1) is 25.2. The van der Waals surface area contributed by atoms with E-state index in [-0.39, 0.29) is 41.8 Å². The second kappa shape index (κ2) is 17.1. The lowest BCUT2D eigenvalue weighted by Crippen LogP contribution is -2.40. The van der Waals surface area contributed by atoms with Gasteiger partial charge in [-0.2, -0.15) is 0 Å². The predicted molar refractivity (Wildman–Crippen MR) is 204 cm³/mol. The molecule has 1 aliphatic heterocycles. The number of fused-ring (bicyclic) bond motifs is 1. The molecule has 0 spiro atoms. The molecule has 1 unspecified atom stereocenters. The average Bonchev–Trinajstić information content (AvgIpc) is 3.15. The molecule has 0 aliphatic carbocycles. The number of para-hydroxylation sites is 1. The van der Waals surface area contributed by atoms with Gasteiger partial charge in [0.2, 0.25) is 11.5 Å². The number of hydrogen-bond acceptors (Lipinski definition) is 8. The van der Waals surface area contributed by atoms with Crippen molar-refractivity contribution in [1.29, 1.82) is 0 Å². The van der Waals surface area contributed by atoms with Crippen molar-refractivity contribution in [2.75, 3.05) is 35.9 Å². The van der Waals surface area contributed by atoms with Gasteiger partial charge in [-0.25, -0.2) is 9.21 Å². The van der Waals surface area contributed by atoms with Crippen molar-refractivity contribution >= 4 is 57.7 Å². The first kappa shape index (κ1) is 36.9. The molecule has 5 N–H and O–H groups in total. The van der Waals surface area contributed by atoms with Crippen LogP contribution in [-0.2, 0) is 16.1 Å². The lowest BCUT2D eigenvalue weighted by atomic mass is 10.0. The van der Waals surface area contributed by atoms with E-state index in [1.807, 2.05) is 54.6 Å². The number of halogens is 2. The first-order valence-electron chi connectivity index (χ1n) is 17.0. The van der Waals surface area contributed by atoms with E-state index in [1.54, 1.807) is 30.3 Å².